The molecule has 4 aromatic rings. The van der Waals surface area contributed by atoms with Crippen molar-refractivity contribution in [2.45, 2.75) is 18.8 Å². The normalized spacial score (nSPS) is 13.1. The van der Waals surface area contributed by atoms with Crippen LogP contribution < -0.4 is 14.8 Å². The van der Waals surface area contributed by atoms with Gasteiger partial charge in [0.1, 0.15) is 18.1 Å². The SMILES string of the molecule is CNCC(O)C(c1ccccc1)n1ccc2cc(OCc3ccccc3OC)ccc21. The van der Waals surface area contributed by atoms with Gasteiger partial charge in [-0.2, -0.15) is 0 Å². The number of para-hydroxylation sites is 1. The average molecular weight is 417 g/mol. The number of ether oxygens (including phenoxy) is 2. The van der Waals surface area contributed by atoms with Gasteiger partial charge in [0.2, 0.25) is 0 Å². The Morgan fingerprint density at radius 3 is 2.52 bits per heavy atom. The van der Waals surface area contributed by atoms with E-state index in [0.717, 1.165) is 33.5 Å². The van der Waals surface area contributed by atoms with Gasteiger partial charge >= 0.3 is 0 Å². The molecule has 4 rings (SSSR count). The lowest BCUT2D eigenvalue weighted by molar-refractivity contribution is 0.132. The average Bonchev–Trinajstić information content (AvgIpc) is 3.22. The van der Waals surface area contributed by atoms with E-state index in [1.165, 1.54) is 0 Å². The van der Waals surface area contributed by atoms with Gasteiger partial charge in [-0.1, -0.05) is 48.5 Å². The Kier molecular flexibility index (Phi) is 6.55. The molecule has 0 aliphatic heterocycles. The van der Waals surface area contributed by atoms with Crippen molar-refractivity contribution in [3.05, 3.63) is 96.2 Å². The highest BCUT2D eigenvalue weighted by molar-refractivity contribution is 5.82. The van der Waals surface area contributed by atoms with Gasteiger partial charge in [-0.15, -0.1) is 0 Å². The van der Waals surface area contributed by atoms with E-state index in [4.69, 9.17) is 9.47 Å². The number of aliphatic hydroxyl groups excluding tert-OH is 1. The maximum absolute atomic E-state index is 10.9. The fourth-order valence-electron chi connectivity index (χ4n) is 4.00. The Balaban J connectivity index is 1.61. The first-order chi connectivity index (χ1) is 15.2. The van der Waals surface area contributed by atoms with Gasteiger partial charge in [-0.3, -0.25) is 0 Å². The molecule has 0 saturated carbocycles. The van der Waals surface area contributed by atoms with Gasteiger partial charge < -0.3 is 24.5 Å². The van der Waals surface area contributed by atoms with Crippen LogP contribution in [0, 0.1) is 0 Å². The molecule has 0 fully saturated rings. The van der Waals surface area contributed by atoms with Crippen LogP contribution in [-0.2, 0) is 6.61 Å². The summed E-state index contributed by atoms with van der Waals surface area (Å²) in [5.74, 6) is 1.61. The molecule has 31 heavy (non-hydrogen) atoms. The summed E-state index contributed by atoms with van der Waals surface area (Å²) in [6, 6.07) is 25.9. The second kappa shape index (κ2) is 9.69. The molecule has 0 bridgehead atoms. The van der Waals surface area contributed by atoms with Gasteiger partial charge in [0.15, 0.2) is 0 Å². The van der Waals surface area contributed by atoms with E-state index in [0.29, 0.717) is 13.2 Å². The molecular formula is C26H28N2O3. The largest absolute Gasteiger partial charge is 0.496 e. The number of hydrogen-bond acceptors (Lipinski definition) is 4. The maximum Gasteiger partial charge on any atom is 0.125 e. The lowest BCUT2D eigenvalue weighted by atomic mass is 10.0. The van der Waals surface area contributed by atoms with Crippen LogP contribution >= 0.6 is 0 Å². The van der Waals surface area contributed by atoms with Crippen LogP contribution in [-0.4, -0.2) is 36.5 Å². The molecule has 0 spiro atoms. The van der Waals surface area contributed by atoms with Crippen molar-refractivity contribution in [3.63, 3.8) is 0 Å². The van der Waals surface area contributed by atoms with E-state index in [9.17, 15) is 5.11 Å². The number of methoxy groups -OCH3 is 1. The van der Waals surface area contributed by atoms with Crippen LogP contribution in [0.5, 0.6) is 11.5 Å². The molecule has 5 heteroatoms. The fraction of sp³-hybridized carbons (Fsp3) is 0.231. The minimum Gasteiger partial charge on any atom is -0.496 e. The number of benzene rings is 3. The standard InChI is InChI=1S/C26H28N2O3/c1-27-17-24(29)26(19-8-4-3-5-9-19)28-15-14-20-16-22(12-13-23(20)28)31-18-21-10-6-7-11-25(21)30-2/h3-16,24,26-27,29H,17-18H2,1-2H3. The first kappa shape index (κ1) is 21.0. The quantitative estimate of drug-likeness (QED) is 0.425. The fourth-order valence-corrected chi connectivity index (χ4v) is 4.00. The summed E-state index contributed by atoms with van der Waals surface area (Å²) in [4.78, 5) is 0. The Morgan fingerprint density at radius 1 is 0.968 bits per heavy atom. The van der Waals surface area contributed by atoms with Gasteiger partial charge in [-0.25, -0.2) is 0 Å². The third-order valence-electron chi connectivity index (χ3n) is 5.50. The predicted molar refractivity (Wildman–Crippen MR) is 124 cm³/mol. The van der Waals surface area contributed by atoms with Crippen LogP contribution in [0.2, 0.25) is 0 Å². The number of hydrogen-bond donors (Lipinski definition) is 2. The molecular weight excluding hydrogens is 388 g/mol. The number of rotatable bonds is 9. The van der Waals surface area contributed by atoms with Crippen molar-refractivity contribution in [3.8, 4) is 11.5 Å². The van der Waals surface area contributed by atoms with Crippen molar-refractivity contribution >= 4 is 10.9 Å². The van der Waals surface area contributed by atoms with E-state index in [1.54, 1.807) is 7.11 Å². The molecule has 0 aliphatic rings. The molecule has 1 heterocycles. The van der Waals surface area contributed by atoms with Gasteiger partial charge in [-0.05, 0) is 42.9 Å². The highest BCUT2D eigenvalue weighted by Gasteiger charge is 2.23. The first-order valence-corrected chi connectivity index (χ1v) is 10.4. The number of aliphatic hydroxyl groups is 1. The molecule has 5 nitrogen and oxygen atoms in total. The maximum atomic E-state index is 10.9. The highest BCUT2D eigenvalue weighted by Crippen LogP contribution is 2.30. The summed E-state index contributed by atoms with van der Waals surface area (Å²) >= 11 is 0. The Hall–Kier alpha value is -3.28. The summed E-state index contributed by atoms with van der Waals surface area (Å²) in [7, 11) is 3.52. The van der Waals surface area contributed by atoms with Crippen molar-refractivity contribution in [2.75, 3.05) is 20.7 Å². The van der Waals surface area contributed by atoms with Gasteiger partial charge in [0, 0.05) is 29.2 Å². The minimum absolute atomic E-state index is 0.188. The number of nitrogens with zero attached hydrogens (tertiary/aromatic N) is 1. The number of nitrogens with one attached hydrogen (secondary N) is 1. The van der Waals surface area contributed by atoms with Crippen LogP contribution in [0.25, 0.3) is 10.9 Å². The van der Waals surface area contributed by atoms with Crippen molar-refractivity contribution in [2.24, 2.45) is 0 Å². The van der Waals surface area contributed by atoms with E-state index in [2.05, 4.69) is 34.1 Å². The minimum atomic E-state index is -0.565. The smallest absolute Gasteiger partial charge is 0.125 e. The zero-order chi connectivity index (χ0) is 21.6. The van der Waals surface area contributed by atoms with Crippen molar-refractivity contribution in [1.82, 2.24) is 9.88 Å². The zero-order valence-corrected chi connectivity index (χ0v) is 17.9. The van der Waals surface area contributed by atoms with E-state index in [-0.39, 0.29) is 6.04 Å². The molecule has 3 aromatic carbocycles. The Bertz CT molecular complexity index is 1120. The van der Waals surface area contributed by atoms with Crippen molar-refractivity contribution < 1.29 is 14.6 Å². The monoisotopic (exact) mass is 416 g/mol. The molecule has 0 aliphatic carbocycles. The first-order valence-electron chi connectivity index (χ1n) is 10.4. The van der Waals surface area contributed by atoms with Crippen LogP contribution in [0.15, 0.2) is 85.1 Å². The summed E-state index contributed by atoms with van der Waals surface area (Å²) < 4.78 is 13.6. The van der Waals surface area contributed by atoms with Crippen LogP contribution in [0.4, 0.5) is 0 Å². The van der Waals surface area contributed by atoms with E-state index in [1.807, 2.05) is 67.8 Å². The predicted octanol–water partition coefficient (Wildman–Crippen LogP) is 4.40. The topological polar surface area (TPSA) is 55.7 Å². The second-order valence-corrected chi connectivity index (χ2v) is 7.52. The van der Waals surface area contributed by atoms with E-state index < -0.39 is 6.10 Å². The molecule has 2 N–H and O–H groups in total. The lowest BCUT2D eigenvalue weighted by Gasteiger charge is -2.26. The lowest BCUT2D eigenvalue weighted by Crippen LogP contribution is -2.33. The van der Waals surface area contributed by atoms with Crippen LogP contribution in [0.3, 0.4) is 0 Å². The van der Waals surface area contributed by atoms with Crippen molar-refractivity contribution in [1.29, 1.82) is 0 Å². The summed E-state index contributed by atoms with van der Waals surface area (Å²) in [5.41, 5.74) is 3.12. The number of likely N-dealkylation sites (N-methyl/N-ethyl adjacent to an activating group) is 1. The highest BCUT2D eigenvalue weighted by atomic mass is 16.5. The molecule has 2 atom stereocenters. The zero-order valence-electron chi connectivity index (χ0n) is 17.9. The molecule has 0 amide bonds. The molecule has 2 unspecified atom stereocenters. The second-order valence-electron chi connectivity index (χ2n) is 7.52. The Morgan fingerprint density at radius 2 is 1.74 bits per heavy atom. The molecule has 160 valence electrons. The summed E-state index contributed by atoms with van der Waals surface area (Å²) in [5, 5.41) is 15.0. The molecule has 0 saturated heterocycles. The van der Waals surface area contributed by atoms with Gasteiger partial charge in [0.25, 0.3) is 0 Å². The number of fused-ring (bicyclic) bond motifs is 1. The summed E-state index contributed by atoms with van der Waals surface area (Å²) in [6.07, 6.45) is 1.47. The van der Waals surface area contributed by atoms with Crippen LogP contribution in [0.1, 0.15) is 17.2 Å². The molecule has 0 radical (unpaired) electrons. The summed E-state index contributed by atoms with van der Waals surface area (Å²) in [6.45, 7) is 0.934. The van der Waals surface area contributed by atoms with Gasteiger partial charge in [0.05, 0.1) is 19.3 Å². The number of aromatic nitrogens is 1. The van der Waals surface area contributed by atoms with E-state index >= 15 is 0 Å². The third kappa shape index (κ3) is 4.58. The Labute approximate surface area is 182 Å². The third-order valence-corrected chi connectivity index (χ3v) is 5.50. The molecule has 1 aromatic heterocycles.